The van der Waals surface area contributed by atoms with Crippen molar-refractivity contribution >= 4 is 34.6 Å². The number of thioether (sulfide) groups is 1. The molecule has 1 aromatic rings. The Morgan fingerprint density at radius 2 is 2.10 bits per heavy atom. The van der Waals surface area contributed by atoms with Crippen molar-refractivity contribution in [2.75, 3.05) is 5.75 Å². The van der Waals surface area contributed by atoms with Gasteiger partial charge in [0.2, 0.25) is 0 Å². The SMILES string of the molecule is CC(=O)SCCC=Cc1cc(C(=O)O)c(C)c([N+](=O)[O-])c1. The van der Waals surface area contributed by atoms with Gasteiger partial charge < -0.3 is 5.11 Å². The third kappa shape index (κ3) is 5.03. The summed E-state index contributed by atoms with van der Waals surface area (Å²) in [5.74, 6) is -0.580. The summed E-state index contributed by atoms with van der Waals surface area (Å²) < 4.78 is 0. The Balaban J connectivity index is 2.97. The highest BCUT2D eigenvalue weighted by atomic mass is 32.2. The number of rotatable bonds is 6. The predicted molar refractivity (Wildman–Crippen MR) is 81.6 cm³/mol. The summed E-state index contributed by atoms with van der Waals surface area (Å²) in [6.07, 6.45) is 4.00. The Morgan fingerprint density at radius 1 is 1.43 bits per heavy atom. The maximum atomic E-state index is 11.1. The predicted octanol–water partition coefficient (Wildman–Crippen LogP) is 3.28. The first-order valence-corrected chi connectivity index (χ1v) is 7.13. The first-order valence-electron chi connectivity index (χ1n) is 6.15. The average Bonchev–Trinajstić information content (AvgIpc) is 2.38. The molecule has 7 heteroatoms. The topological polar surface area (TPSA) is 97.5 Å². The van der Waals surface area contributed by atoms with Crippen LogP contribution in [0, 0.1) is 17.0 Å². The molecule has 0 aliphatic carbocycles. The molecular formula is C14H15NO5S. The number of benzene rings is 1. The van der Waals surface area contributed by atoms with Crippen LogP contribution >= 0.6 is 11.8 Å². The molecule has 0 saturated heterocycles. The minimum absolute atomic E-state index is 0.0301. The summed E-state index contributed by atoms with van der Waals surface area (Å²) >= 11 is 1.19. The van der Waals surface area contributed by atoms with Gasteiger partial charge in [-0.15, -0.1) is 0 Å². The molecule has 0 saturated carbocycles. The molecule has 0 bridgehead atoms. The van der Waals surface area contributed by atoms with Gasteiger partial charge in [0.15, 0.2) is 5.12 Å². The number of carboxylic acid groups (broad SMARTS) is 1. The number of hydrogen-bond acceptors (Lipinski definition) is 5. The fourth-order valence-electron chi connectivity index (χ4n) is 1.72. The van der Waals surface area contributed by atoms with Crippen LogP contribution in [0.1, 0.15) is 34.8 Å². The van der Waals surface area contributed by atoms with Crippen molar-refractivity contribution < 1.29 is 19.6 Å². The number of aromatic carboxylic acids is 1. The van der Waals surface area contributed by atoms with E-state index in [0.29, 0.717) is 17.7 Å². The first-order chi connectivity index (χ1) is 9.82. The Bertz CT molecular complexity index is 574. The molecule has 0 heterocycles. The standard InChI is InChI=1S/C14H15NO5S/c1-9-12(14(17)18)7-11(8-13(9)15(19)20)5-3-4-6-21-10(2)16/h3,5,7-8H,4,6H2,1-2H3,(H,17,18). The molecule has 1 N–H and O–H groups in total. The van der Waals surface area contributed by atoms with Crippen LogP contribution in [0.5, 0.6) is 0 Å². The van der Waals surface area contributed by atoms with Crippen LogP contribution in [-0.2, 0) is 4.79 Å². The number of hydrogen-bond donors (Lipinski definition) is 1. The van der Waals surface area contributed by atoms with Gasteiger partial charge in [0.1, 0.15) is 0 Å². The Morgan fingerprint density at radius 3 is 2.62 bits per heavy atom. The minimum atomic E-state index is -1.20. The van der Waals surface area contributed by atoms with E-state index in [-0.39, 0.29) is 21.9 Å². The van der Waals surface area contributed by atoms with Crippen LogP contribution in [0.25, 0.3) is 6.08 Å². The second kappa shape index (κ2) is 7.58. The van der Waals surface area contributed by atoms with E-state index < -0.39 is 10.9 Å². The molecule has 0 aliphatic heterocycles. The molecule has 1 aromatic carbocycles. The third-order valence-electron chi connectivity index (χ3n) is 2.73. The molecule has 1 rings (SSSR count). The minimum Gasteiger partial charge on any atom is -0.478 e. The van der Waals surface area contributed by atoms with Gasteiger partial charge in [-0.3, -0.25) is 14.9 Å². The lowest BCUT2D eigenvalue weighted by Crippen LogP contribution is -2.03. The van der Waals surface area contributed by atoms with Crippen LogP contribution in [0.2, 0.25) is 0 Å². The molecule has 0 amide bonds. The number of allylic oxidation sites excluding steroid dienone is 1. The molecule has 0 unspecified atom stereocenters. The zero-order chi connectivity index (χ0) is 16.0. The fourth-order valence-corrected chi connectivity index (χ4v) is 2.26. The lowest BCUT2D eigenvalue weighted by Gasteiger charge is -2.04. The Hall–Kier alpha value is -2.15. The highest BCUT2D eigenvalue weighted by Gasteiger charge is 2.19. The molecule has 0 aromatic heterocycles. The van der Waals surface area contributed by atoms with Crippen molar-refractivity contribution in [3.63, 3.8) is 0 Å². The number of nitro benzene ring substituents is 1. The Kier molecular flexibility index (Phi) is 6.10. The van der Waals surface area contributed by atoms with Crippen LogP contribution in [-0.4, -0.2) is 26.9 Å². The maximum Gasteiger partial charge on any atom is 0.336 e. The lowest BCUT2D eigenvalue weighted by atomic mass is 10.0. The maximum absolute atomic E-state index is 11.1. The summed E-state index contributed by atoms with van der Waals surface area (Å²) in [4.78, 5) is 32.2. The highest BCUT2D eigenvalue weighted by molar-refractivity contribution is 8.13. The lowest BCUT2D eigenvalue weighted by molar-refractivity contribution is -0.385. The normalized spacial score (nSPS) is 10.8. The van der Waals surface area contributed by atoms with E-state index in [1.54, 1.807) is 12.2 Å². The zero-order valence-electron chi connectivity index (χ0n) is 11.7. The molecule has 6 nitrogen and oxygen atoms in total. The van der Waals surface area contributed by atoms with Gasteiger partial charge in [-0.25, -0.2) is 4.79 Å². The largest absolute Gasteiger partial charge is 0.478 e. The average molecular weight is 309 g/mol. The van der Waals surface area contributed by atoms with Crippen LogP contribution < -0.4 is 0 Å². The molecule has 0 fully saturated rings. The Labute approximate surface area is 126 Å². The fraction of sp³-hybridized carbons (Fsp3) is 0.286. The van der Waals surface area contributed by atoms with Gasteiger partial charge in [0, 0.05) is 24.3 Å². The summed E-state index contributed by atoms with van der Waals surface area (Å²) in [5.41, 5.74) is 0.295. The van der Waals surface area contributed by atoms with Gasteiger partial charge in [0.05, 0.1) is 10.5 Å². The number of carbonyl (C=O) groups is 2. The van der Waals surface area contributed by atoms with E-state index in [1.165, 1.54) is 37.7 Å². The summed E-state index contributed by atoms with van der Waals surface area (Å²) in [6, 6.07) is 2.75. The molecule has 112 valence electrons. The van der Waals surface area contributed by atoms with E-state index in [0.717, 1.165) is 0 Å². The molecule has 0 aliphatic rings. The highest BCUT2D eigenvalue weighted by Crippen LogP contribution is 2.25. The molecular weight excluding hydrogens is 294 g/mol. The van der Waals surface area contributed by atoms with Crippen molar-refractivity contribution in [3.8, 4) is 0 Å². The van der Waals surface area contributed by atoms with Crippen molar-refractivity contribution in [2.45, 2.75) is 20.3 Å². The molecule has 0 spiro atoms. The van der Waals surface area contributed by atoms with Gasteiger partial charge in [-0.2, -0.15) is 0 Å². The quantitative estimate of drug-likeness (QED) is 0.492. The van der Waals surface area contributed by atoms with Crippen LogP contribution in [0.3, 0.4) is 0 Å². The third-order valence-corrected chi connectivity index (χ3v) is 3.58. The van der Waals surface area contributed by atoms with Crippen molar-refractivity contribution in [3.05, 3.63) is 45.0 Å². The number of nitrogens with zero attached hydrogens (tertiary/aromatic N) is 1. The van der Waals surface area contributed by atoms with Gasteiger partial charge >= 0.3 is 5.97 Å². The number of carboxylic acids is 1. The summed E-state index contributed by atoms with van der Waals surface area (Å²) in [5, 5.41) is 20.1. The van der Waals surface area contributed by atoms with Crippen LogP contribution in [0.15, 0.2) is 18.2 Å². The van der Waals surface area contributed by atoms with E-state index in [1.807, 2.05) is 0 Å². The molecule has 21 heavy (non-hydrogen) atoms. The zero-order valence-corrected chi connectivity index (χ0v) is 12.5. The first kappa shape index (κ1) is 16.9. The van der Waals surface area contributed by atoms with E-state index >= 15 is 0 Å². The van der Waals surface area contributed by atoms with Gasteiger partial charge in [0.25, 0.3) is 5.69 Å². The monoisotopic (exact) mass is 309 g/mol. The molecule has 0 atom stereocenters. The number of carbonyl (C=O) groups excluding carboxylic acids is 1. The van der Waals surface area contributed by atoms with Crippen molar-refractivity contribution in [1.29, 1.82) is 0 Å². The van der Waals surface area contributed by atoms with Crippen LogP contribution in [0.4, 0.5) is 5.69 Å². The van der Waals surface area contributed by atoms with Gasteiger partial charge in [-0.1, -0.05) is 23.9 Å². The smallest absolute Gasteiger partial charge is 0.336 e. The van der Waals surface area contributed by atoms with Gasteiger partial charge in [-0.05, 0) is 25.0 Å². The number of nitro groups is 1. The van der Waals surface area contributed by atoms with Crippen molar-refractivity contribution in [1.82, 2.24) is 0 Å². The van der Waals surface area contributed by atoms with E-state index in [4.69, 9.17) is 5.11 Å². The van der Waals surface area contributed by atoms with E-state index in [2.05, 4.69) is 0 Å². The summed E-state index contributed by atoms with van der Waals surface area (Å²) in [7, 11) is 0. The second-order valence-corrected chi connectivity index (χ2v) is 5.58. The molecule has 0 radical (unpaired) electrons. The van der Waals surface area contributed by atoms with Crippen molar-refractivity contribution in [2.24, 2.45) is 0 Å². The second-order valence-electron chi connectivity index (χ2n) is 4.31. The van der Waals surface area contributed by atoms with E-state index in [9.17, 15) is 19.7 Å². The summed E-state index contributed by atoms with van der Waals surface area (Å²) in [6.45, 7) is 2.90.